The molecule has 4 heteroatoms. The third kappa shape index (κ3) is 2.19. The summed E-state index contributed by atoms with van der Waals surface area (Å²) in [6.45, 7) is 4.18. The molecule has 0 radical (unpaired) electrons. The average molecular weight is 275 g/mol. The van der Waals surface area contributed by atoms with E-state index < -0.39 is 5.41 Å². The molecule has 1 aromatic rings. The Hall–Kier alpha value is -1.84. The number of carbonyl (C=O) groups excluding carboxylic acids is 2. The Kier molecular flexibility index (Phi) is 4.12. The van der Waals surface area contributed by atoms with Gasteiger partial charge in [-0.2, -0.15) is 0 Å². The molecule has 1 N–H and O–H groups in total. The number of amides is 1. The van der Waals surface area contributed by atoms with E-state index in [2.05, 4.69) is 19.2 Å². The van der Waals surface area contributed by atoms with Crippen LogP contribution < -0.4 is 5.32 Å². The second-order valence-electron chi connectivity index (χ2n) is 5.29. The number of hydrogen-bond acceptors (Lipinski definition) is 3. The molecule has 1 amide bonds. The minimum absolute atomic E-state index is 0.0539. The van der Waals surface area contributed by atoms with Crippen LogP contribution in [0.25, 0.3) is 0 Å². The zero-order valence-electron chi connectivity index (χ0n) is 12.3. The number of methoxy groups -OCH3 is 1. The average Bonchev–Trinajstić information content (AvgIpc) is 2.71. The fourth-order valence-corrected chi connectivity index (χ4v) is 3.15. The fraction of sp³-hybridized carbons (Fsp3) is 0.500. The van der Waals surface area contributed by atoms with E-state index in [0.29, 0.717) is 5.56 Å². The van der Waals surface area contributed by atoms with Gasteiger partial charge in [0.15, 0.2) is 0 Å². The molecule has 0 saturated heterocycles. The van der Waals surface area contributed by atoms with Gasteiger partial charge in [-0.05, 0) is 30.5 Å². The van der Waals surface area contributed by atoms with Gasteiger partial charge >= 0.3 is 5.97 Å². The van der Waals surface area contributed by atoms with E-state index in [0.717, 1.165) is 36.9 Å². The van der Waals surface area contributed by atoms with E-state index in [-0.39, 0.29) is 11.9 Å². The number of benzene rings is 1. The molecule has 0 spiro atoms. The highest BCUT2D eigenvalue weighted by molar-refractivity contribution is 6.07. The van der Waals surface area contributed by atoms with E-state index in [1.807, 2.05) is 6.07 Å². The Morgan fingerprint density at radius 1 is 1.25 bits per heavy atom. The predicted octanol–water partition coefficient (Wildman–Crippen LogP) is 3.26. The summed E-state index contributed by atoms with van der Waals surface area (Å²) in [6.07, 6.45) is 3.56. The molecule has 0 atom stereocenters. The van der Waals surface area contributed by atoms with Gasteiger partial charge in [0.05, 0.1) is 18.1 Å². The first kappa shape index (κ1) is 14.6. The van der Waals surface area contributed by atoms with Gasteiger partial charge in [-0.15, -0.1) is 0 Å². The Balaban J connectivity index is 2.47. The van der Waals surface area contributed by atoms with Crippen LogP contribution in [0.2, 0.25) is 0 Å². The van der Waals surface area contributed by atoms with E-state index in [9.17, 15) is 9.59 Å². The Labute approximate surface area is 119 Å². The van der Waals surface area contributed by atoms with Gasteiger partial charge < -0.3 is 10.1 Å². The zero-order valence-corrected chi connectivity index (χ0v) is 12.3. The summed E-state index contributed by atoms with van der Waals surface area (Å²) in [7, 11) is 1.35. The van der Waals surface area contributed by atoms with Crippen molar-refractivity contribution in [1.82, 2.24) is 0 Å². The molecule has 1 aliphatic heterocycles. The molecular weight excluding hydrogens is 254 g/mol. The number of fused-ring (bicyclic) bond motifs is 1. The number of anilines is 1. The van der Waals surface area contributed by atoms with Gasteiger partial charge in [-0.25, -0.2) is 4.79 Å². The van der Waals surface area contributed by atoms with Gasteiger partial charge in [0.1, 0.15) is 0 Å². The van der Waals surface area contributed by atoms with Gasteiger partial charge in [-0.3, -0.25) is 4.79 Å². The highest BCUT2D eigenvalue weighted by atomic mass is 16.5. The number of hydrogen-bond donors (Lipinski definition) is 1. The van der Waals surface area contributed by atoms with Crippen LogP contribution in [0.1, 0.15) is 55.5 Å². The number of ether oxygens (including phenoxy) is 1. The summed E-state index contributed by atoms with van der Waals surface area (Å²) in [4.78, 5) is 24.0. The summed E-state index contributed by atoms with van der Waals surface area (Å²) < 4.78 is 4.72. The van der Waals surface area contributed by atoms with Crippen molar-refractivity contribution in [1.29, 1.82) is 0 Å². The normalized spacial score (nSPS) is 15.7. The van der Waals surface area contributed by atoms with Crippen molar-refractivity contribution >= 4 is 17.6 Å². The van der Waals surface area contributed by atoms with E-state index >= 15 is 0 Å². The highest BCUT2D eigenvalue weighted by Crippen LogP contribution is 2.44. The molecular formula is C16H21NO3. The van der Waals surface area contributed by atoms with Crippen LogP contribution in [-0.2, 0) is 14.9 Å². The highest BCUT2D eigenvalue weighted by Gasteiger charge is 2.45. The maximum absolute atomic E-state index is 12.5. The predicted molar refractivity (Wildman–Crippen MR) is 77.9 cm³/mol. The third-order valence-electron chi connectivity index (χ3n) is 3.99. The summed E-state index contributed by atoms with van der Waals surface area (Å²) >= 11 is 0. The van der Waals surface area contributed by atoms with Gasteiger partial charge in [0.2, 0.25) is 5.91 Å². The lowest BCUT2D eigenvalue weighted by atomic mass is 9.74. The summed E-state index contributed by atoms with van der Waals surface area (Å²) in [5.41, 5.74) is 1.79. The van der Waals surface area contributed by atoms with Crippen molar-refractivity contribution in [3.63, 3.8) is 0 Å². The molecule has 0 fully saturated rings. The molecule has 1 heterocycles. The van der Waals surface area contributed by atoms with Gasteiger partial charge in [0.25, 0.3) is 0 Å². The number of rotatable bonds is 5. The van der Waals surface area contributed by atoms with Crippen molar-refractivity contribution in [3.05, 3.63) is 29.3 Å². The first-order chi connectivity index (χ1) is 9.58. The SMILES string of the molecule is CCCC1(CCC)C(=O)Nc2cc(C(=O)OC)ccc21. The van der Waals surface area contributed by atoms with Crippen LogP contribution in [0.15, 0.2) is 18.2 Å². The van der Waals surface area contributed by atoms with Crippen molar-refractivity contribution < 1.29 is 14.3 Å². The topological polar surface area (TPSA) is 55.4 Å². The quantitative estimate of drug-likeness (QED) is 0.839. The van der Waals surface area contributed by atoms with Crippen molar-refractivity contribution in [2.75, 3.05) is 12.4 Å². The molecule has 0 aliphatic carbocycles. The second kappa shape index (κ2) is 5.65. The van der Waals surface area contributed by atoms with Crippen LogP contribution in [0.4, 0.5) is 5.69 Å². The molecule has 0 unspecified atom stereocenters. The van der Waals surface area contributed by atoms with Crippen molar-refractivity contribution in [2.24, 2.45) is 0 Å². The maximum Gasteiger partial charge on any atom is 0.337 e. The lowest BCUT2D eigenvalue weighted by molar-refractivity contribution is -0.121. The molecule has 0 bridgehead atoms. The Morgan fingerprint density at radius 3 is 2.45 bits per heavy atom. The third-order valence-corrected chi connectivity index (χ3v) is 3.99. The standard InChI is InChI=1S/C16H21NO3/c1-4-8-16(9-5-2)12-7-6-11(14(18)20-3)10-13(12)17-15(16)19/h6-7,10H,4-5,8-9H2,1-3H3,(H,17,19). The van der Waals surface area contributed by atoms with E-state index in [1.165, 1.54) is 7.11 Å². The van der Waals surface area contributed by atoms with Crippen LogP contribution in [-0.4, -0.2) is 19.0 Å². The summed E-state index contributed by atoms with van der Waals surface area (Å²) in [5, 5.41) is 2.93. The van der Waals surface area contributed by atoms with Gasteiger partial charge in [-0.1, -0.05) is 32.8 Å². The van der Waals surface area contributed by atoms with Crippen molar-refractivity contribution in [2.45, 2.75) is 44.9 Å². The summed E-state index contributed by atoms with van der Waals surface area (Å²) in [5.74, 6) is -0.330. The number of esters is 1. The van der Waals surface area contributed by atoms with Crippen LogP contribution in [0, 0.1) is 0 Å². The van der Waals surface area contributed by atoms with E-state index in [1.54, 1.807) is 12.1 Å². The zero-order chi connectivity index (χ0) is 14.8. The Bertz CT molecular complexity index is 531. The molecule has 108 valence electrons. The number of nitrogens with one attached hydrogen (secondary N) is 1. The maximum atomic E-state index is 12.5. The monoisotopic (exact) mass is 275 g/mol. The molecule has 4 nitrogen and oxygen atoms in total. The van der Waals surface area contributed by atoms with Crippen LogP contribution >= 0.6 is 0 Å². The van der Waals surface area contributed by atoms with Crippen LogP contribution in [0.3, 0.4) is 0 Å². The van der Waals surface area contributed by atoms with Crippen LogP contribution in [0.5, 0.6) is 0 Å². The molecule has 0 saturated carbocycles. The molecule has 0 aromatic heterocycles. The first-order valence-corrected chi connectivity index (χ1v) is 7.13. The minimum atomic E-state index is -0.437. The lowest BCUT2D eigenvalue weighted by Crippen LogP contribution is -2.34. The largest absolute Gasteiger partial charge is 0.465 e. The molecule has 20 heavy (non-hydrogen) atoms. The first-order valence-electron chi connectivity index (χ1n) is 7.13. The second-order valence-corrected chi connectivity index (χ2v) is 5.29. The number of carbonyl (C=O) groups is 2. The van der Waals surface area contributed by atoms with E-state index in [4.69, 9.17) is 4.74 Å². The lowest BCUT2D eigenvalue weighted by Gasteiger charge is -2.26. The minimum Gasteiger partial charge on any atom is -0.465 e. The fourth-order valence-electron chi connectivity index (χ4n) is 3.15. The van der Waals surface area contributed by atoms with Gasteiger partial charge in [0, 0.05) is 5.69 Å². The summed E-state index contributed by atoms with van der Waals surface area (Å²) in [6, 6.07) is 5.35. The molecule has 2 rings (SSSR count). The Morgan fingerprint density at radius 2 is 1.90 bits per heavy atom. The molecule has 1 aliphatic rings. The molecule has 1 aromatic carbocycles. The smallest absolute Gasteiger partial charge is 0.337 e. The van der Waals surface area contributed by atoms with Crippen molar-refractivity contribution in [3.8, 4) is 0 Å².